The zero-order valence-corrected chi connectivity index (χ0v) is 21.4. The molecule has 3 aromatic heterocycles. The second kappa shape index (κ2) is 10.1. The van der Waals surface area contributed by atoms with E-state index in [0.717, 1.165) is 40.0 Å². The third-order valence-corrected chi connectivity index (χ3v) is 6.84. The predicted octanol–water partition coefficient (Wildman–Crippen LogP) is 3.88. The Balaban J connectivity index is 1.45. The summed E-state index contributed by atoms with van der Waals surface area (Å²) in [6.07, 6.45) is -5.57. The Morgan fingerprint density at radius 3 is 2.41 bits per heavy atom. The number of nitrogens with two attached hydrogens (primary N) is 1. The van der Waals surface area contributed by atoms with E-state index in [1.165, 1.54) is 19.9 Å². The summed E-state index contributed by atoms with van der Waals surface area (Å²) in [4.78, 5) is 34.7. The van der Waals surface area contributed by atoms with E-state index in [1.807, 2.05) is 0 Å². The molecule has 0 saturated carbocycles. The van der Waals surface area contributed by atoms with Crippen LogP contribution >= 0.6 is 0 Å². The second-order valence-electron chi connectivity index (χ2n) is 9.50. The van der Waals surface area contributed by atoms with Crippen molar-refractivity contribution in [3.63, 3.8) is 0 Å². The van der Waals surface area contributed by atoms with Crippen LogP contribution in [0.2, 0.25) is 0 Å². The molecule has 214 valence electrons. The number of anilines is 1. The van der Waals surface area contributed by atoms with Crippen molar-refractivity contribution in [3.05, 3.63) is 76.4 Å². The number of hydrogen-bond acceptors (Lipinski definition) is 6. The van der Waals surface area contributed by atoms with E-state index in [4.69, 9.17) is 5.73 Å². The van der Waals surface area contributed by atoms with Crippen LogP contribution in [-0.2, 0) is 6.18 Å². The summed E-state index contributed by atoms with van der Waals surface area (Å²) in [7, 11) is 0. The molecule has 0 aliphatic carbocycles. The third-order valence-electron chi connectivity index (χ3n) is 6.84. The van der Waals surface area contributed by atoms with Crippen LogP contribution in [0.3, 0.4) is 0 Å². The van der Waals surface area contributed by atoms with Crippen molar-refractivity contribution in [1.82, 2.24) is 29.8 Å². The molecule has 15 heteroatoms. The van der Waals surface area contributed by atoms with Crippen molar-refractivity contribution in [2.45, 2.75) is 32.2 Å². The zero-order chi connectivity index (χ0) is 29.8. The number of hydrogen-bond donors (Lipinski definition) is 2. The van der Waals surface area contributed by atoms with Gasteiger partial charge in [-0.3, -0.25) is 14.6 Å². The highest BCUT2D eigenvalue weighted by atomic mass is 19.4. The first kappa shape index (κ1) is 27.9. The van der Waals surface area contributed by atoms with Crippen LogP contribution in [-0.4, -0.2) is 61.6 Å². The molecule has 5 rings (SSSR count). The van der Waals surface area contributed by atoms with Gasteiger partial charge in [0.05, 0.1) is 35.1 Å². The number of nitrogens with one attached hydrogen (secondary N) is 1. The van der Waals surface area contributed by atoms with Gasteiger partial charge in [-0.1, -0.05) is 6.07 Å². The van der Waals surface area contributed by atoms with Gasteiger partial charge >= 0.3 is 6.18 Å². The van der Waals surface area contributed by atoms with Crippen LogP contribution in [0.5, 0.6) is 0 Å². The molecule has 0 spiro atoms. The molecule has 0 bridgehead atoms. The summed E-state index contributed by atoms with van der Waals surface area (Å²) in [5, 5.41) is 6.36. The molecular formula is C26H21F6N7O2. The molecular weight excluding hydrogens is 556 g/mol. The van der Waals surface area contributed by atoms with Gasteiger partial charge in [-0.25, -0.2) is 22.7 Å². The Labute approximate surface area is 228 Å². The SMILES string of the molecule is Cc1nc(C)c(-c2cc(C(F)(F)F)c3c(N)ncnn23)cc1C(=O)N[C@@H]1CN(C(=O)c2c(F)cccc2F)C[C@@H]1F. The lowest BCUT2D eigenvalue weighted by Gasteiger charge is -2.18. The van der Waals surface area contributed by atoms with Gasteiger partial charge in [0.2, 0.25) is 0 Å². The predicted molar refractivity (Wildman–Crippen MR) is 134 cm³/mol. The molecule has 9 nitrogen and oxygen atoms in total. The number of alkyl halides is 4. The summed E-state index contributed by atoms with van der Waals surface area (Å²) in [5.74, 6) is -4.51. The fraction of sp³-hybridized carbons (Fsp3) is 0.269. The van der Waals surface area contributed by atoms with Crippen LogP contribution in [0, 0.1) is 25.5 Å². The highest BCUT2D eigenvalue weighted by molar-refractivity contribution is 5.98. The van der Waals surface area contributed by atoms with Crippen molar-refractivity contribution in [2.24, 2.45) is 0 Å². The van der Waals surface area contributed by atoms with E-state index in [1.54, 1.807) is 0 Å². The minimum absolute atomic E-state index is 0.0617. The number of aryl methyl sites for hydroxylation is 2. The first-order valence-electron chi connectivity index (χ1n) is 12.1. The normalized spacial score (nSPS) is 17.3. The molecule has 2 atom stereocenters. The molecule has 4 aromatic rings. The molecule has 0 unspecified atom stereocenters. The minimum Gasteiger partial charge on any atom is -0.382 e. The standard InChI is InChI=1S/C26H21F6N7O2/c1-11-13(20-7-15(26(30,31)32)22-23(33)34-10-35-39(20)22)6-14(12(2)36-11)24(40)37-19-9-38(8-18(19)29)25(41)21-16(27)4-3-5-17(21)28/h3-7,10,18-19H,8-9H2,1-2H3,(H,37,40)(H2,33,34,35)/t18-,19+/m0/s1. The lowest BCUT2D eigenvalue weighted by Crippen LogP contribution is -2.42. The molecule has 4 heterocycles. The highest BCUT2D eigenvalue weighted by Gasteiger charge is 2.39. The first-order chi connectivity index (χ1) is 19.3. The van der Waals surface area contributed by atoms with Crippen molar-refractivity contribution in [1.29, 1.82) is 0 Å². The number of aromatic nitrogens is 4. The Morgan fingerprint density at radius 2 is 1.76 bits per heavy atom. The summed E-state index contributed by atoms with van der Waals surface area (Å²) >= 11 is 0. The first-order valence-corrected chi connectivity index (χ1v) is 12.1. The average Bonchev–Trinajstić information content (AvgIpc) is 3.45. The Kier molecular flexibility index (Phi) is 6.83. The van der Waals surface area contributed by atoms with Crippen molar-refractivity contribution in [2.75, 3.05) is 18.8 Å². The lowest BCUT2D eigenvalue weighted by molar-refractivity contribution is -0.136. The Hall–Kier alpha value is -4.69. The van der Waals surface area contributed by atoms with Crippen LogP contribution in [0.15, 0.2) is 36.7 Å². The molecule has 1 fully saturated rings. The van der Waals surface area contributed by atoms with Gasteiger partial charge in [-0.05, 0) is 38.1 Å². The molecule has 3 N–H and O–H groups in total. The van der Waals surface area contributed by atoms with Gasteiger partial charge in [0, 0.05) is 17.8 Å². The average molecular weight is 577 g/mol. The number of amides is 2. The Bertz CT molecular complexity index is 1680. The summed E-state index contributed by atoms with van der Waals surface area (Å²) in [6.45, 7) is 2.12. The zero-order valence-electron chi connectivity index (χ0n) is 21.4. The van der Waals surface area contributed by atoms with Crippen LogP contribution in [0.25, 0.3) is 16.8 Å². The molecule has 1 aliphatic rings. The number of rotatable bonds is 4. The van der Waals surface area contributed by atoms with E-state index in [2.05, 4.69) is 20.4 Å². The number of halogens is 6. The van der Waals surface area contributed by atoms with Crippen molar-refractivity contribution in [3.8, 4) is 11.3 Å². The maximum absolute atomic E-state index is 14.9. The Morgan fingerprint density at radius 1 is 1.07 bits per heavy atom. The van der Waals surface area contributed by atoms with Gasteiger partial charge in [0.1, 0.15) is 35.2 Å². The smallest absolute Gasteiger partial charge is 0.382 e. The van der Waals surface area contributed by atoms with Gasteiger partial charge < -0.3 is 16.0 Å². The van der Waals surface area contributed by atoms with E-state index in [0.29, 0.717) is 0 Å². The number of benzene rings is 1. The van der Waals surface area contributed by atoms with Crippen LogP contribution in [0.4, 0.5) is 32.2 Å². The van der Waals surface area contributed by atoms with E-state index in [9.17, 15) is 35.9 Å². The van der Waals surface area contributed by atoms with Gasteiger partial charge in [-0.2, -0.15) is 18.3 Å². The topological polar surface area (TPSA) is 119 Å². The monoisotopic (exact) mass is 577 g/mol. The van der Waals surface area contributed by atoms with E-state index >= 15 is 0 Å². The molecule has 0 radical (unpaired) electrons. The fourth-order valence-corrected chi connectivity index (χ4v) is 4.86. The summed E-state index contributed by atoms with van der Waals surface area (Å²) in [6, 6.07) is 3.77. The number of pyridine rings is 1. The van der Waals surface area contributed by atoms with Crippen molar-refractivity contribution >= 4 is 23.1 Å². The molecule has 1 saturated heterocycles. The number of carbonyl (C=O) groups is 2. The van der Waals surface area contributed by atoms with Crippen LogP contribution < -0.4 is 11.1 Å². The summed E-state index contributed by atoms with van der Waals surface area (Å²) < 4.78 is 85.4. The highest BCUT2D eigenvalue weighted by Crippen LogP contribution is 2.39. The molecule has 1 aliphatic heterocycles. The maximum atomic E-state index is 14.9. The maximum Gasteiger partial charge on any atom is 0.418 e. The number of likely N-dealkylation sites (tertiary alicyclic amines) is 1. The van der Waals surface area contributed by atoms with Gasteiger partial charge in [0.15, 0.2) is 5.82 Å². The van der Waals surface area contributed by atoms with Crippen LogP contribution in [0.1, 0.15) is 37.7 Å². The molecule has 2 amide bonds. The lowest BCUT2D eigenvalue weighted by atomic mass is 10.0. The number of nitrogens with zero attached hydrogens (tertiary/aromatic N) is 5. The van der Waals surface area contributed by atoms with Crippen molar-refractivity contribution < 1.29 is 35.9 Å². The van der Waals surface area contributed by atoms with Gasteiger partial charge in [0.25, 0.3) is 11.8 Å². The number of carbonyl (C=O) groups excluding carboxylic acids is 2. The quantitative estimate of drug-likeness (QED) is 0.356. The second-order valence-corrected chi connectivity index (χ2v) is 9.50. The van der Waals surface area contributed by atoms with E-state index in [-0.39, 0.29) is 34.8 Å². The van der Waals surface area contributed by atoms with E-state index < -0.39 is 70.8 Å². The minimum atomic E-state index is -4.79. The van der Waals surface area contributed by atoms with Gasteiger partial charge in [-0.15, -0.1) is 0 Å². The molecule has 41 heavy (non-hydrogen) atoms. The number of fused-ring (bicyclic) bond motifs is 1. The summed E-state index contributed by atoms with van der Waals surface area (Å²) in [5.41, 5.74) is 3.79. The fourth-order valence-electron chi connectivity index (χ4n) is 4.86. The number of nitrogen functional groups attached to an aromatic ring is 1. The largest absolute Gasteiger partial charge is 0.418 e. The third kappa shape index (κ3) is 4.91. The molecule has 1 aromatic carbocycles.